The van der Waals surface area contributed by atoms with Gasteiger partial charge in [0.2, 0.25) is 0 Å². The van der Waals surface area contributed by atoms with Gasteiger partial charge in [0, 0.05) is 26.1 Å². The van der Waals surface area contributed by atoms with Crippen LogP contribution in [0.25, 0.3) is 0 Å². The molecule has 1 aromatic heterocycles. The van der Waals surface area contributed by atoms with Crippen molar-refractivity contribution in [1.82, 2.24) is 20.1 Å². The summed E-state index contributed by atoms with van der Waals surface area (Å²) in [5.41, 5.74) is 0. The maximum Gasteiger partial charge on any atom is 0.138 e. The Kier molecular flexibility index (Phi) is 4.50. The van der Waals surface area contributed by atoms with Gasteiger partial charge in [0.1, 0.15) is 12.2 Å². The van der Waals surface area contributed by atoms with Gasteiger partial charge in [0.15, 0.2) is 0 Å². The Morgan fingerprint density at radius 2 is 2.53 bits per heavy atom. The molecule has 1 saturated heterocycles. The summed E-state index contributed by atoms with van der Waals surface area (Å²) in [6, 6.07) is 0.361. The quantitative estimate of drug-likeness (QED) is 0.800. The minimum absolute atomic E-state index is 0.332. The first kappa shape index (κ1) is 12.5. The molecular weight excluding hydrogens is 216 g/mol. The van der Waals surface area contributed by atoms with Crippen molar-refractivity contribution < 1.29 is 4.74 Å². The minimum atomic E-state index is 0.332. The second kappa shape index (κ2) is 6.12. The number of rotatable bonds is 6. The summed E-state index contributed by atoms with van der Waals surface area (Å²) in [6.07, 6.45) is 6.30. The Hall–Kier alpha value is -0.940. The van der Waals surface area contributed by atoms with Crippen LogP contribution < -0.4 is 5.32 Å². The molecule has 5 nitrogen and oxygen atoms in total. The van der Waals surface area contributed by atoms with Crippen molar-refractivity contribution in [2.75, 3.05) is 13.2 Å². The van der Waals surface area contributed by atoms with E-state index in [1.807, 2.05) is 11.7 Å². The number of nitrogens with one attached hydrogen (secondary N) is 1. The molecular formula is C12H22N4O. The van der Waals surface area contributed by atoms with Gasteiger partial charge in [-0.2, -0.15) is 5.10 Å². The highest BCUT2D eigenvalue weighted by Gasteiger charge is 2.26. The number of nitrogens with zero attached hydrogens (tertiary/aromatic N) is 3. The highest BCUT2D eigenvalue weighted by atomic mass is 16.5. The molecule has 1 aliphatic rings. The number of aryl methyl sites for hydroxylation is 1. The van der Waals surface area contributed by atoms with Crippen LogP contribution in [0.5, 0.6) is 0 Å². The first-order valence-electron chi connectivity index (χ1n) is 6.49. The lowest BCUT2D eigenvalue weighted by Gasteiger charge is -2.23. The highest BCUT2D eigenvalue weighted by Crippen LogP contribution is 2.18. The topological polar surface area (TPSA) is 52.0 Å². The normalized spacial score (nSPS) is 21.9. The molecule has 0 spiro atoms. The second-order valence-corrected chi connectivity index (χ2v) is 4.62. The van der Waals surface area contributed by atoms with Crippen molar-refractivity contribution in [2.45, 2.75) is 44.8 Å². The average molecular weight is 238 g/mol. The van der Waals surface area contributed by atoms with E-state index in [1.54, 1.807) is 6.33 Å². The lowest BCUT2D eigenvalue weighted by molar-refractivity contribution is 0.0775. The van der Waals surface area contributed by atoms with Gasteiger partial charge >= 0.3 is 0 Å². The first-order chi connectivity index (χ1) is 8.31. The van der Waals surface area contributed by atoms with E-state index >= 15 is 0 Å². The molecule has 1 fully saturated rings. The molecule has 0 aliphatic carbocycles. The molecule has 0 radical (unpaired) electrons. The maximum atomic E-state index is 5.78. The third-order valence-corrected chi connectivity index (χ3v) is 3.28. The second-order valence-electron chi connectivity index (χ2n) is 4.62. The van der Waals surface area contributed by atoms with Gasteiger partial charge in [0.05, 0.1) is 6.10 Å². The Morgan fingerprint density at radius 3 is 3.12 bits per heavy atom. The summed E-state index contributed by atoms with van der Waals surface area (Å²) in [7, 11) is 1.94. The molecule has 0 bridgehead atoms. The molecule has 0 amide bonds. The Bertz CT molecular complexity index is 333. The molecule has 5 heteroatoms. The summed E-state index contributed by atoms with van der Waals surface area (Å²) >= 11 is 0. The number of hydrogen-bond donors (Lipinski definition) is 1. The lowest BCUT2D eigenvalue weighted by Crippen LogP contribution is -2.42. The first-order valence-corrected chi connectivity index (χ1v) is 6.49. The maximum absolute atomic E-state index is 5.78. The van der Waals surface area contributed by atoms with Gasteiger partial charge in [-0.3, -0.25) is 4.68 Å². The van der Waals surface area contributed by atoms with Crippen LogP contribution in [0.3, 0.4) is 0 Å². The van der Waals surface area contributed by atoms with E-state index in [0.29, 0.717) is 12.1 Å². The van der Waals surface area contributed by atoms with Crippen LogP contribution in [0.1, 0.15) is 32.0 Å². The lowest BCUT2D eigenvalue weighted by atomic mass is 10.0. The van der Waals surface area contributed by atoms with Gasteiger partial charge in [-0.05, 0) is 25.8 Å². The number of aromatic nitrogens is 3. The molecule has 1 aromatic rings. The van der Waals surface area contributed by atoms with Crippen molar-refractivity contribution >= 4 is 0 Å². The van der Waals surface area contributed by atoms with Crippen LogP contribution in [-0.2, 0) is 18.2 Å². The fraction of sp³-hybridized carbons (Fsp3) is 0.833. The summed E-state index contributed by atoms with van der Waals surface area (Å²) in [5, 5.41) is 7.68. The van der Waals surface area contributed by atoms with Crippen LogP contribution in [0, 0.1) is 0 Å². The summed E-state index contributed by atoms with van der Waals surface area (Å²) in [4.78, 5) is 4.29. The predicted molar refractivity (Wildman–Crippen MR) is 65.8 cm³/mol. The van der Waals surface area contributed by atoms with Crippen LogP contribution in [0.2, 0.25) is 0 Å². The molecule has 17 heavy (non-hydrogen) atoms. The molecule has 2 unspecified atom stereocenters. The Morgan fingerprint density at radius 1 is 1.65 bits per heavy atom. The Balaban J connectivity index is 1.97. The molecule has 1 N–H and O–H groups in total. The van der Waals surface area contributed by atoms with Crippen LogP contribution in [0.4, 0.5) is 0 Å². The predicted octanol–water partition coefficient (Wildman–Crippen LogP) is 0.905. The third kappa shape index (κ3) is 3.26. The highest BCUT2D eigenvalue weighted by molar-refractivity contribution is 4.93. The van der Waals surface area contributed by atoms with E-state index in [1.165, 1.54) is 6.42 Å². The van der Waals surface area contributed by atoms with Gasteiger partial charge in [-0.25, -0.2) is 4.98 Å². The minimum Gasteiger partial charge on any atom is -0.377 e. The van der Waals surface area contributed by atoms with Crippen LogP contribution in [0.15, 0.2) is 6.33 Å². The molecule has 0 saturated carbocycles. The van der Waals surface area contributed by atoms with Gasteiger partial charge in [-0.1, -0.05) is 6.92 Å². The van der Waals surface area contributed by atoms with E-state index in [2.05, 4.69) is 22.3 Å². The largest absolute Gasteiger partial charge is 0.377 e. The smallest absolute Gasteiger partial charge is 0.138 e. The molecule has 96 valence electrons. The van der Waals surface area contributed by atoms with Gasteiger partial charge < -0.3 is 10.1 Å². The zero-order valence-corrected chi connectivity index (χ0v) is 10.7. The van der Waals surface area contributed by atoms with Crippen LogP contribution in [-0.4, -0.2) is 40.1 Å². The summed E-state index contributed by atoms with van der Waals surface area (Å²) < 4.78 is 7.62. The number of hydrogen-bond acceptors (Lipinski definition) is 4. The van der Waals surface area contributed by atoms with Gasteiger partial charge in [-0.15, -0.1) is 0 Å². The van der Waals surface area contributed by atoms with E-state index < -0.39 is 0 Å². The van der Waals surface area contributed by atoms with E-state index in [9.17, 15) is 0 Å². The van der Waals surface area contributed by atoms with E-state index in [4.69, 9.17) is 4.74 Å². The third-order valence-electron chi connectivity index (χ3n) is 3.28. The average Bonchev–Trinajstić information content (AvgIpc) is 2.96. The standard InChI is InChI=1S/C12H22N4O/c1-3-6-13-10(11-5-4-7-17-11)8-12-14-9-15-16(12)2/h9-11,13H,3-8H2,1-2H3. The fourth-order valence-corrected chi connectivity index (χ4v) is 2.29. The van der Waals surface area contributed by atoms with Crippen molar-refractivity contribution in [3.8, 4) is 0 Å². The number of ether oxygens (including phenoxy) is 1. The summed E-state index contributed by atoms with van der Waals surface area (Å²) in [6.45, 7) is 4.11. The summed E-state index contributed by atoms with van der Waals surface area (Å²) in [5.74, 6) is 1.02. The molecule has 1 aliphatic heterocycles. The Labute approximate surface area is 103 Å². The van der Waals surface area contributed by atoms with Crippen molar-refractivity contribution in [2.24, 2.45) is 7.05 Å². The molecule has 0 aromatic carbocycles. The van der Waals surface area contributed by atoms with Crippen molar-refractivity contribution in [1.29, 1.82) is 0 Å². The zero-order valence-electron chi connectivity index (χ0n) is 10.7. The monoisotopic (exact) mass is 238 g/mol. The zero-order chi connectivity index (χ0) is 12.1. The van der Waals surface area contributed by atoms with Gasteiger partial charge in [0.25, 0.3) is 0 Å². The van der Waals surface area contributed by atoms with Crippen molar-refractivity contribution in [3.63, 3.8) is 0 Å². The van der Waals surface area contributed by atoms with Crippen molar-refractivity contribution in [3.05, 3.63) is 12.2 Å². The van der Waals surface area contributed by atoms with E-state index in [0.717, 1.165) is 38.2 Å². The van der Waals surface area contributed by atoms with Crippen LogP contribution >= 0.6 is 0 Å². The molecule has 2 atom stereocenters. The van der Waals surface area contributed by atoms with E-state index in [-0.39, 0.29) is 0 Å². The SMILES string of the molecule is CCCNC(Cc1ncnn1C)C1CCCO1. The molecule has 2 heterocycles. The molecule has 2 rings (SSSR count). The fourth-order valence-electron chi connectivity index (χ4n) is 2.29.